The van der Waals surface area contributed by atoms with E-state index in [9.17, 15) is 4.79 Å². The lowest BCUT2D eigenvalue weighted by Gasteiger charge is -2.31. The van der Waals surface area contributed by atoms with Gasteiger partial charge in [-0.1, -0.05) is 29.8 Å². The molecule has 0 saturated carbocycles. The van der Waals surface area contributed by atoms with E-state index in [-0.39, 0.29) is 11.0 Å². The molecule has 0 atom stereocenters. The molecule has 6 nitrogen and oxygen atoms in total. The number of carbonyl (C=O) groups excluding carboxylic acids is 1. The Morgan fingerprint density at radius 1 is 1.21 bits per heavy atom. The van der Waals surface area contributed by atoms with Crippen molar-refractivity contribution >= 4 is 52.3 Å². The fraction of sp³-hybridized carbons (Fsp3) is 0.238. The maximum atomic E-state index is 12.2. The number of nitrogens with zero attached hydrogens (tertiary/aromatic N) is 1. The number of rotatable bonds is 5. The standard InChI is InChI=1S/C21H22ClN3O3S/c1-27-16-8-5-15(6-9-16)7-10-19(26)24-21(29)23-18-4-2-3-17(22)20(18)25-11-13-28-14-12-25/h2-10H,11-14H2,1H3,(H2,23,24,26,29). The highest BCUT2D eigenvalue weighted by Gasteiger charge is 2.18. The quantitative estimate of drug-likeness (QED) is 0.556. The minimum absolute atomic E-state index is 0.200. The normalized spacial score (nSPS) is 13.9. The second-order valence-electron chi connectivity index (χ2n) is 6.29. The van der Waals surface area contributed by atoms with Gasteiger partial charge in [-0.3, -0.25) is 10.1 Å². The topological polar surface area (TPSA) is 62.8 Å². The van der Waals surface area contributed by atoms with Gasteiger partial charge in [0.2, 0.25) is 5.91 Å². The zero-order chi connectivity index (χ0) is 20.6. The summed E-state index contributed by atoms with van der Waals surface area (Å²) in [5.41, 5.74) is 2.47. The Balaban J connectivity index is 1.62. The van der Waals surface area contributed by atoms with Gasteiger partial charge in [0.15, 0.2) is 5.11 Å². The third kappa shape index (κ3) is 5.93. The molecule has 0 unspecified atom stereocenters. The Hall–Kier alpha value is -2.61. The molecule has 1 fully saturated rings. The number of ether oxygens (including phenoxy) is 2. The number of para-hydroxylation sites is 1. The van der Waals surface area contributed by atoms with Gasteiger partial charge in [0.1, 0.15) is 5.75 Å². The van der Waals surface area contributed by atoms with Crippen LogP contribution in [0, 0.1) is 0 Å². The summed E-state index contributed by atoms with van der Waals surface area (Å²) in [7, 11) is 1.61. The molecule has 2 aromatic rings. The van der Waals surface area contributed by atoms with Crippen molar-refractivity contribution in [3.8, 4) is 5.75 Å². The van der Waals surface area contributed by atoms with E-state index in [0.29, 0.717) is 18.2 Å². The predicted octanol–water partition coefficient (Wildman–Crippen LogP) is 3.71. The van der Waals surface area contributed by atoms with E-state index in [2.05, 4.69) is 15.5 Å². The number of morpholine rings is 1. The molecular weight excluding hydrogens is 410 g/mol. The molecule has 1 aliphatic heterocycles. The summed E-state index contributed by atoms with van der Waals surface area (Å²) in [6, 6.07) is 12.9. The lowest BCUT2D eigenvalue weighted by atomic mass is 10.2. The number of hydrogen-bond acceptors (Lipinski definition) is 5. The van der Waals surface area contributed by atoms with Crippen molar-refractivity contribution in [3.05, 3.63) is 59.1 Å². The van der Waals surface area contributed by atoms with Gasteiger partial charge in [-0.25, -0.2) is 0 Å². The summed E-state index contributed by atoms with van der Waals surface area (Å²) < 4.78 is 10.5. The molecular formula is C21H22ClN3O3S. The molecule has 1 amide bonds. The predicted molar refractivity (Wildman–Crippen MR) is 121 cm³/mol. The molecule has 3 rings (SSSR count). The second-order valence-corrected chi connectivity index (χ2v) is 7.10. The zero-order valence-corrected chi connectivity index (χ0v) is 17.6. The second kappa shape index (κ2) is 10.2. The smallest absolute Gasteiger partial charge is 0.250 e. The SMILES string of the molecule is COc1ccc(C=CC(=O)NC(=S)Nc2cccc(Cl)c2N2CCOCC2)cc1. The van der Waals surface area contributed by atoms with Crippen LogP contribution in [0.2, 0.25) is 5.02 Å². The maximum Gasteiger partial charge on any atom is 0.250 e. The third-order valence-corrected chi connectivity index (χ3v) is 4.85. The number of benzene rings is 2. The first kappa shape index (κ1) is 21.1. The summed E-state index contributed by atoms with van der Waals surface area (Å²) >= 11 is 11.7. The minimum atomic E-state index is -0.326. The zero-order valence-electron chi connectivity index (χ0n) is 16.0. The molecule has 29 heavy (non-hydrogen) atoms. The average Bonchev–Trinajstić information content (AvgIpc) is 2.73. The van der Waals surface area contributed by atoms with Crippen molar-refractivity contribution in [2.45, 2.75) is 0 Å². The third-order valence-electron chi connectivity index (χ3n) is 4.34. The van der Waals surface area contributed by atoms with Crippen molar-refractivity contribution < 1.29 is 14.3 Å². The lowest BCUT2D eigenvalue weighted by Crippen LogP contribution is -2.38. The first-order valence-corrected chi connectivity index (χ1v) is 9.91. The Morgan fingerprint density at radius 2 is 1.93 bits per heavy atom. The van der Waals surface area contributed by atoms with Crippen molar-refractivity contribution in [1.82, 2.24) is 5.32 Å². The average molecular weight is 432 g/mol. The fourth-order valence-electron chi connectivity index (χ4n) is 2.92. The molecule has 8 heteroatoms. The highest BCUT2D eigenvalue weighted by molar-refractivity contribution is 7.80. The van der Waals surface area contributed by atoms with Gasteiger partial charge in [0, 0.05) is 19.2 Å². The highest BCUT2D eigenvalue weighted by Crippen LogP contribution is 2.34. The van der Waals surface area contributed by atoms with Crippen LogP contribution in [-0.4, -0.2) is 44.4 Å². The van der Waals surface area contributed by atoms with Crippen molar-refractivity contribution in [2.24, 2.45) is 0 Å². The number of amides is 1. The van der Waals surface area contributed by atoms with Crippen LogP contribution in [0.25, 0.3) is 6.08 Å². The number of thiocarbonyl (C=S) groups is 1. The lowest BCUT2D eigenvalue weighted by molar-refractivity contribution is -0.115. The van der Waals surface area contributed by atoms with Crippen LogP contribution in [0.15, 0.2) is 48.5 Å². The van der Waals surface area contributed by atoms with E-state index in [1.807, 2.05) is 42.5 Å². The molecule has 2 aromatic carbocycles. The van der Waals surface area contributed by atoms with Crippen LogP contribution >= 0.6 is 23.8 Å². The van der Waals surface area contributed by atoms with Crippen molar-refractivity contribution in [2.75, 3.05) is 43.6 Å². The first-order chi connectivity index (χ1) is 14.1. The van der Waals surface area contributed by atoms with Gasteiger partial charge >= 0.3 is 0 Å². The van der Waals surface area contributed by atoms with E-state index >= 15 is 0 Å². The van der Waals surface area contributed by atoms with E-state index in [1.165, 1.54) is 6.08 Å². The number of halogens is 1. The Labute approximate surface area is 180 Å². The van der Waals surface area contributed by atoms with Crippen LogP contribution in [0.3, 0.4) is 0 Å². The summed E-state index contributed by atoms with van der Waals surface area (Å²) in [4.78, 5) is 14.3. The molecule has 1 heterocycles. The molecule has 1 aliphatic rings. The fourth-order valence-corrected chi connectivity index (χ4v) is 3.42. The number of carbonyl (C=O) groups is 1. The van der Waals surface area contributed by atoms with E-state index in [0.717, 1.165) is 35.8 Å². The molecule has 152 valence electrons. The number of nitrogens with one attached hydrogen (secondary N) is 2. The summed E-state index contributed by atoms with van der Waals surface area (Å²) in [5.74, 6) is 0.433. The summed E-state index contributed by atoms with van der Waals surface area (Å²) in [5, 5.41) is 6.55. The van der Waals surface area contributed by atoms with E-state index in [1.54, 1.807) is 13.2 Å². The van der Waals surface area contributed by atoms with Crippen molar-refractivity contribution in [1.29, 1.82) is 0 Å². The van der Waals surface area contributed by atoms with Gasteiger partial charge in [0.05, 0.1) is 36.7 Å². The monoisotopic (exact) mass is 431 g/mol. The minimum Gasteiger partial charge on any atom is -0.497 e. The molecule has 2 N–H and O–H groups in total. The van der Waals surface area contributed by atoms with Gasteiger partial charge in [-0.2, -0.15) is 0 Å². The Bertz CT molecular complexity index is 897. The van der Waals surface area contributed by atoms with Crippen LogP contribution < -0.4 is 20.3 Å². The van der Waals surface area contributed by atoms with Crippen LogP contribution in [0.4, 0.5) is 11.4 Å². The molecule has 0 radical (unpaired) electrons. The molecule has 0 aromatic heterocycles. The van der Waals surface area contributed by atoms with E-state index < -0.39 is 0 Å². The molecule has 0 aliphatic carbocycles. The molecule has 0 spiro atoms. The van der Waals surface area contributed by atoms with Crippen LogP contribution in [0.5, 0.6) is 5.75 Å². The van der Waals surface area contributed by atoms with Crippen LogP contribution in [0.1, 0.15) is 5.56 Å². The largest absolute Gasteiger partial charge is 0.497 e. The van der Waals surface area contributed by atoms with Gasteiger partial charge in [-0.05, 0) is 48.1 Å². The number of methoxy groups -OCH3 is 1. The maximum absolute atomic E-state index is 12.2. The Kier molecular flexibility index (Phi) is 7.46. The van der Waals surface area contributed by atoms with Gasteiger partial charge < -0.3 is 19.7 Å². The van der Waals surface area contributed by atoms with Gasteiger partial charge in [0.25, 0.3) is 0 Å². The number of hydrogen-bond donors (Lipinski definition) is 2. The summed E-state index contributed by atoms with van der Waals surface area (Å²) in [6.45, 7) is 2.76. The van der Waals surface area contributed by atoms with Crippen LogP contribution in [-0.2, 0) is 9.53 Å². The van der Waals surface area contributed by atoms with Crippen molar-refractivity contribution in [3.63, 3.8) is 0 Å². The van der Waals surface area contributed by atoms with Gasteiger partial charge in [-0.15, -0.1) is 0 Å². The Morgan fingerprint density at radius 3 is 2.62 bits per heavy atom. The van der Waals surface area contributed by atoms with E-state index in [4.69, 9.17) is 33.3 Å². The molecule has 0 bridgehead atoms. The summed E-state index contributed by atoms with van der Waals surface area (Å²) in [6.07, 6.45) is 3.13. The number of anilines is 2. The first-order valence-electron chi connectivity index (χ1n) is 9.12. The highest BCUT2D eigenvalue weighted by atomic mass is 35.5. The molecule has 1 saturated heterocycles.